The molecule has 1 aliphatic heterocycles. The first-order valence-electron chi connectivity index (χ1n) is 7.18. The minimum absolute atomic E-state index is 0. The van der Waals surface area contributed by atoms with Gasteiger partial charge in [0.15, 0.2) is 0 Å². The van der Waals surface area contributed by atoms with E-state index in [9.17, 15) is 9.18 Å². The fourth-order valence-electron chi connectivity index (χ4n) is 2.85. The van der Waals surface area contributed by atoms with Gasteiger partial charge in [0.1, 0.15) is 5.82 Å². The van der Waals surface area contributed by atoms with Crippen LogP contribution in [0.25, 0.3) is 0 Å². The number of nitrogens with zero attached hydrogens (tertiary/aromatic N) is 1. The van der Waals surface area contributed by atoms with Crippen LogP contribution in [0, 0.1) is 5.82 Å². The van der Waals surface area contributed by atoms with Crippen molar-refractivity contribution < 1.29 is 9.18 Å². The molecule has 2 rings (SSSR count). The van der Waals surface area contributed by atoms with Crippen LogP contribution in [-0.4, -0.2) is 37.0 Å². The van der Waals surface area contributed by atoms with E-state index in [1.54, 1.807) is 32.0 Å². The van der Waals surface area contributed by atoms with E-state index < -0.39 is 5.41 Å². The Bertz CT molecular complexity index is 485. The van der Waals surface area contributed by atoms with Crippen molar-refractivity contribution in [1.29, 1.82) is 0 Å². The van der Waals surface area contributed by atoms with Crippen molar-refractivity contribution in [3.8, 4) is 0 Å². The number of carbonyl (C=O) groups is 1. The van der Waals surface area contributed by atoms with Crippen LogP contribution >= 0.6 is 12.4 Å². The largest absolute Gasteiger partial charge is 0.342 e. The topological polar surface area (TPSA) is 32.3 Å². The van der Waals surface area contributed by atoms with Gasteiger partial charge in [-0.25, -0.2) is 4.39 Å². The Balaban J connectivity index is 0.00000220. The second-order valence-electron chi connectivity index (χ2n) is 5.96. The molecule has 0 aliphatic carbocycles. The SMILES string of the molecule is CNC1CCN(C(=O)C(C)(C)c2ccccc2F)CC1.Cl. The summed E-state index contributed by atoms with van der Waals surface area (Å²) in [4.78, 5) is 14.6. The van der Waals surface area contributed by atoms with Gasteiger partial charge < -0.3 is 10.2 Å². The zero-order valence-electron chi connectivity index (χ0n) is 12.9. The molecule has 0 bridgehead atoms. The average Bonchev–Trinajstić information content (AvgIpc) is 2.47. The van der Waals surface area contributed by atoms with E-state index in [0.29, 0.717) is 11.6 Å². The molecule has 0 aromatic heterocycles. The van der Waals surface area contributed by atoms with Gasteiger partial charge >= 0.3 is 0 Å². The second-order valence-corrected chi connectivity index (χ2v) is 5.96. The van der Waals surface area contributed by atoms with E-state index >= 15 is 0 Å². The zero-order chi connectivity index (χ0) is 14.8. The fraction of sp³-hybridized carbons (Fsp3) is 0.562. The monoisotopic (exact) mass is 314 g/mol. The number of hydrogen-bond donors (Lipinski definition) is 1. The fourth-order valence-corrected chi connectivity index (χ4v) is 2.85. The maximum Gasteiger partial charge on any atom is 0.232 e. The lowest BCUT2D eigenvalue weighted by molar-refractivity contribution is -0.137. The van der Waals surface area contributed by atoms with Gasteiger partial charge in [0.2, 0.25) is 5.91 Å². The molecule has 118 valence electrons. The first-order chi connectivity index (χ1) is 9.46. The number of rotatable bonds is 3. The molecule has 21 heavy (non-hydrogen) atoms. The molecule has 1 aromatic rings. The summed E-state index contributed by atoms with van der Waals surface area (Å²) in [5, 5.41) is 3.24. The van der Waals surface area contributed by atoms with Crippen LogP contribution in [0.2, 0.25) is 0 Å². The highest BCUT2D eigenvalue weighted by Gasteiger charge is 2.36. The van der Waals surface area contributed by atoms with E-state index in [4.69, 9.17) is 0 Å². The summed E-state index contributed by atoms with van der Waals surface area (Å²) in [6.45, 7) is 5.08. The molecule has 1 fully saturated rings. The van der Waals surface area contributed by atoms with E-state index in [-0.39, 0.29) is 24.1 Å². The average molecular weight is 315 g/mol. The van der Waals surface area contributed by atoms with Gasteiger partial charge in [-0.1, -0.05) is 18.2 Å². The predicted molar refractivity (Wildman–Crippen MR) is 85.3 cm³/mol. The highest BCUT2D eigenvalue weighted by atomic mass is 35.5. The summed E-state index contributed by atoms with van der Waals surface area (Å²) in [6.07, 6.45) is 1.91. The Morgan fingerprint density at radius 3 is 2.38 bits per heavy atom. The van der Waals surface area contributed by atoms with E-state index in [1.165, 1.54) is 6.07 Å². The Hall–Kier alpha value is -1.13. The van der Waals surface area contributed by atoms with Gasteiger partial charge in [0, 0.05) is 24.7 Å². The van der Waals surface area contributed by atoms with Gasteiger partial charge in [0.25, 0.3) is 0 Å². The minimum Gasteiger partial charge on any atom is -0.342 e. The van der Waals surface area contributed by atoms with Crippen LogP contribution in [0.5, 0.6) is 0 Å². The van der Waals surface area contributed by atoms with Crippen LogP contribution in [-0.2, 0) is 10.2 Å². The molecule has 0 unspecified atom stereocenters. The molecular formula is C16H24ClFN2O. The van der Waals surface area contributed by atoms with Gasteiger partial charge in [0.05, 0.1) is 5.41 Å². The maximum atomic E-state index is 13.9. The van der Waals surface area contributed by atoms with Crippen LogP contribution in [0.3, 0.4) is 0 Å². The number of carbonyl (C=O) groups excluding carboxylic acids is 1. The summed E-state index contributed by atoms with van der Waals surface area (Å²) in [7, 11) is 1.95. The smallest absolute Gasteiger partial charge is 0.232 e. The molecule has 1 N–H and O–H groups in total. The second kappa shape index (κ2) is 7.23. The number of hydrogen-bond acceptors (Lipinski definition) is 2. The molecule has 1 saturated heterocycles. The number of halogens is 2. The summed E-state index contributed by atoms with van der Waals surface area (Å²) in [5.41, 5.74) is -0.349. The number of benzene rings is 1. The first kappa shape index (κ1) is 17.9. The van der Waals surface area contributed by atoms with Crippen LogP contribution in [0.4, 0.5) is 4.39 Å². The number of nitrogens with one attached hydrogen (secondary N) is 1. The molecule has 1 amide bonds. The lowest BCUT2D eigenvalue weighted by Gasteiger charge is -2.37. The van der Waals surface area contributed by atoms with Crippen molar-refractivity contribution in [2.45, 2.75) is 38.1 Å². The molecule has 1 heterocycles. The van der Waals surface area contributed by atoms with E-state index in [1.807, 2.05) is 11.9 Å². The van der Waals surface area contributed by atoms with Crippen LogP contribution in [0.1, 0.15) is 32.3 Å². The summed E-state index contributed by atoms with van der Waals surface area (Å²) < 4.78 is 13.9. The summed E-state index contributed by atoms with van der Waals surface area (Å²) >= 11 is 0. The van der Waals surface area contributed by atoms with Crippen molar-refractivity contribution in [3.05, 3.63) is 35.6 Å². The molecular weight excluding hydrogens is 291 g/mol. The van der Waals surface area contributed by atoms with E-state index in [0.717, 1.165) is 25.9 Å². The van der Waals surface area contributed by atoms with Crippen molar-refractivity contribution >= 4 is 18.3 Å². The Morgan fingerprint density at radius 2 is 1.86 bits per heavy atom. The number of amides is 1. The molecule has 5 heteroatoms. The standard InChI is InChI=1S/C16H23FN2O.ClH/c1-16(2,13-6-4-5-7-14(13)17)15(20)19-10-8-12(18-3)9-11-19;/h4-7,12,18H,8-11H2,1-3H3;1H. The third-order valence-corrected chi connectivity index (χ3v) is 4.27. The number of piperidine rings is 1. The van der Waals surface area contributed by atoms with Gasteiger partial charge in [-0.3, -0.25) is 4.79 Å². The third-order valence-electron chi connectivity index (χ3n) is 4.27. The van der Waals surface area contributed by atoms with Crippen molar-refractivity contribution in [3.63, 3.8) is 0 Å². The normalized spacial score (nSPS) is 16.5. The maximum absolute atomic E-state index is 13.9. The minimum atomic E-state index is -0.822. The summed E-state index contributed by atoms with van der Waals surface area (Å²) in [5.74, 6) is -0.298. The third kappa shape index (κ3) is 3.74. The van der Waals surface area contributed by atoms with Crippen molar-refractivity contribution in [2.75, 3.05) is 20.1 Å². The van der Waals surface area contributed by atoms with Crippen LogP contribution in [0.15, 0.2) is 24.3 Å². The van der Waals surface area contributed by atoms with Crippen molar-refractivity contribution in [2.24, 2.45) is 0 Å². The van der Waals surface area contributed by atoms with Gasteiger partial charge in [-0.2, -0.15) is 0 Å². The predicted octanol–water partition coefficient (Wildman–Crippen LogP) is 2.74. The van der Waals surface area contributed by atoms with Crippen LogP contribution < -0.4 is 5.32 Å². The Kier molecular flexibility index (Phi) is 6.17. The quantitative estimate of drug-likeness (QED) is 0.930. The molecule has 1 aromatic carbocycles. The zero-order valence-corrected chi connectivity index (χ0v) is 13.7. The Morgan fingerprint density at radius 1 is 1.29 bits per heavy atom. The molecule has 0 spiro atoms. The molecule has 0 atom stereocenters. The van der Waals surface area contributed by atoms with Crippen molar-refractivity contribution in [1.82, 2.24) is 10.2 Å². The van der Waals surface area contributed by atoms with Gasteiger partial charge in [-0.15, -0.1) is 12.4 Å². The molecule has 0 radical (unpaired) electrons. The highest BCUT2D eigenvalue weighted by Crippen LogP contribution is 2.29. The van der Waals surface area contributed by atoms with Gasteiger partial charge in [-0.05, 0) is 39.8 Å². The molecule has 3 nitrogen and oxygen atoms in total. The summed E-state index contributed by atoms with van der Waals surface area (Å²) in [6, 6.07) is 7.03. The Labute approximate surface area is 132 Å². The molecule has 1 aliphatic rings. The van der Waals surface area contributed by atoms with E-state index in [2.05, 4.69) is 5.32 Å². The number of likely N-dealkylation sites (tertiary alicyclic amines) is 1. The molecule has 0 saturated carbocycles. The lowest BCUT2D eigenvalue weighted by atomic mass is 9.82. The highest BCUT2D eigenvalue weighted by molar-refractivity contribution is 5.87. The first-order valence-corrected chi connectivity index (χ1v) is 7.18. The lowest BCUT2D eigenvalue weighted by Crippen LogP contribution is -2.49.